The number of nitrogens with zero attached hydrogens (tertiary/aromatic N) is 1. The van der Waals surface area contributed by atoms with Crippen LogP contribution in [0.2, 0.25) is 5.15 Å². The summed E-state index contributed by atoms with van der Waals surface area (Å²) < 4.78 is 0.768. The van der Waals surface area contributed by atoms with Crippen LogP contribution in [0, 0.1) is 0 Å². The number of pyridine rings is 1. The van der Waals surface area contributed by atoms with E-state index < -0.39 is 0 Å². The smallest absolute Gasteiger partial charge is 0.241 e. The second-order valence-electron chi connectivity index (χ2n) is 4.89. The molecule has 1 amide bonds. The lowest BCUT2D eigenvalue weighted by molar-refractivity contribution is -0.118. The molecular weight excluding hydrogens is 354 g/mol. The van der Waals surface area contributed by atoms with Gasteiger partial charge in [0.2, 0.25) is 5.91 Å². The molecule has 1 aliphatic heterocycles. The van der Waals surface area contributed by atoms with Crippen LogP contribution >= 0.6 is 27.5 Å². The first-order chi connectivity index (χ1) is 10.1. The molecule has 108 valence electrons. The summed E-state index contributed by atoms with van der Waals surface area (Å²) >= 11 is 9.31. The second kappa shape index (κ2) is 6.13. The Morgan fingerprint density at radius 2 is 2.14 bits per heavy atom. The largest absolute Gasteiger partial charge is 0.322 e. The lowest BCUT2D eigenvalue weighted by Gasteiger charge is -2.25. The topological polar surface area (TPSA) is 54.0 Å². The van der Waals surface area contributed by atoms with Gasteiger partial charge in [0, 0.05) is 17.2 Å². The van der Waals surface area contributed by atoms with Gasteiger partial charge in [-0.25, -0.2) is 4.98 Å². The van der Waals surface area contributed by atoms with Gasteiger partial charge >= 0.3 is 0 Å². The SMILES string of the molecule is O=C(Nc1cc(Br)cnc1Cl)[C@H]1Cc2ccccc2CN1. The fourth-order valence-electron chi connectivity index (χ4n) is 2.37. The molecule has 0 saturated carbocycles. The first kappa shape index (κ1) is 14.5. The molecule has 0 unspecified atom stereocenters. The Balaban J connectivity index is 1.74. The highest BCUT2D eigenvalue weighted by atomic mass is 79.9. The van der Waals surface area contributed by atoms with Crippen LogP contribution in [0.15, 0.2) is 41.0 Å². The fourth-order valence-corrected chi connectivity index (χ4v) is 2.85. The third-order valence-electron chi connectivity index (χ3n) is 3.46. The molecule has 6 heteroatoms. The van der Waals surface area contributed by atoms with Crippen LogP contribution in [0.4, 0.5) is 5.69 Å². The van der Waals surface area contributed by atoms with Gasteiger partial charge in [0.25, 0.3) is 0 Å². The number of carbonyl (C=O) groups excluding carboxylic acids is 1. The average molecular weight is 367 g/mol. The standard InChI is InChI=1S/C15H13BrClN3O/c16-11-6-12(14(17)19-8-11)20-15(21)13-5-9-3-1-2-4-10(9)7-18-13/h1-4,6,8,13,18H,5,7H2,(H,20,21)/t13-/m1/s1. The zero-order valence-corrected chi connectivity index (χ0v) is 13.4. The molecule has 1 atom stereocenters. The van der Waals surface area contributed by atoms with E-state index in [1.54, 1.807) is 12.3 Å². The summed E-state index contributed by atoms with van der Waals surface area (Å²) in [5.74, 6) is -0.105. The molecule has 0 fully saturated rings. The molecule has 0 radical (unpaired) electrons. The number of hydrogen-bond acceptors (Lipinski definition) is 3. The summed E-state index contributed by atoms with van der Waals surface area (Å²) in [5, 5.41) is 6.35. The summed E-state index contributed by atoms with van der Waals surface area (Å²) in [6.07, 6.45) is 2.26. The number of rotatable bonds is 2. The maximum absolute atomic E-state index is 12.4. The molecule has 2 heterocycles. The summed E-state index contributed by atoms with van der Waals surface area (Å²) in [7, 11) is 0. The van der Waals surface area contributed by atoms with Crippen LogP contribution in [-0.4, -0.2) is 16.9 Å². The predicted octanol–water partition coefficient (Wildman–Crippen LogP) is 3.15. The van der Waals surface area contributed by atoms with E-state index in [-0.39, 0.29) is 17.1 Å². The summed E-state index contributed by atoms with van der Waals surface area (Å²) in [6, 6.07) is 9.61. The number of carbonyl (C=O) groups is 1. The maximum atomic E-state index is 12.4. The molecule has 1 aliphatic rings. The normalized spacial score (nSPS) is 17.1. The molecule has 0 spiro atoms. The minimum Gasteiger partial charge on any atom is -0.322 e. The highest BCUT2D eigenvalue weighted by Gasteiger charge is 2.24. The van der Waals surface area contributed by atoms with Gasteiger partial charge in [0.15, 0.2) is 5.15 Å². The molecule has 0 aliphatic carbocycles. The van der Waals surface area contributed by atoms with Gasteiger partial charge in [-0.2, -0.15) is 0 Å². The van der Waals surface area contributed by atoms with Gasteiger partial charge in [-0.1, -0.05) is 35.9 Å². The van der Waals surface area contributed by atoms with Gasteiger partial charge in [-0.05, 0) is 39.5 Å². The number of hydrogen-bond donors (Lipinski definition) is 2. The van der Waals surface area contributed by atoms with Crippen LogP contribution < -0.4 is 10.6 Å². The molecule has 1 aromatic carbocycles. The van der Waals surface area contributed by atoms with Crippen molar-refractivity contribution < 1.29 is 4.79 Å². The van der Waals surface area contributed by atoms with Crippen LogP contribution in [0.5, 0.6) is 0 Å². The van der Waals surface area contributed by atoms with E-state index in [1.807, 2.05) is 12.1 Å². The molecule has 21 heavy (non-hydrogen) atoms. The third-order valence-corrected chi connectivity index (χ3v) is 4.20. The number of aromatic nitrogens is 1. The van der Waals surface area contributed by atoms with Gasteiger partial charge in [0.1, 0.15) is 0 Å². The molecular formula is C15H13BrClN3O. The number of halogens is 2. The Hall–Kier alpha value is -1.43. The predicted molar refractivity (Wildman–Crippen MR) is 86.4 cm³/mol. The fraction of sp³-hybridized carbons (Fsp3) is 0.200. The van der Waals surface area contributed by atoms with Gasteiger partial charge in [-0.15, -0.1) is 0 Å². The minimum absolute atomic E-state index is 0.105. The van der Waals surface area contributed by atoms with Gasteiger partial charge in [-0.3, -0.25) is 4.79 Å². The minimum atomic E-state index is -0.269. The lowest BCUT2D eigenvalue weighted by Crippen LogP contribution is -2.44. The Labute approximate surface area is 136 Å². The molecule has 0 bridgehead atoms. The van der Waals surface area contributed by atoms with Crippen molar-refractivity contribution in [2.75, 3.05) is 5.32 Å². The quantitative estimate of drug-likeness (QED) is 0.803. The van der Waals surface area contributed by atoms with E-state index in [9.17, 15) is 4.79 Å². The number of amides is 1. The van der Waals surface area contributed by atoms with Crippen molar-refractivity contribution in [3.8, 4) is 0 Å². The van der Waals surface area contributed by atoms with Crippen molar-refractivity contribution in [1.82, 2.24) is 10.3 Å². The summed E-state index contributed by atoms with van der Waals surface area (Å²) in [4.78, 5) is 16.4. The Kier molecular flexibility index (Phi) is 4.24. The molecule has 2 N–H and O–H groups in total. The summed E-state index contributed by atoms with van der Waals surface area (Å²) in [6.45, 7) is 0.693. The average Bonchev–Trinajstić information content (AvgIpc) is 2.50. The van der Waals surface area contributed by atoms with Crippen molar-refractivity contribution in [1.29, 1.82) is 0 Å². The Morgan fingerprint density at radius 1 is 1.38 bits per heavy atom. The molecule has 3 rings (SSSR count). The zero-order chi connectivity index (χ0) is 14.8. The van der Waals surface area contributed by atoms with Crippen LogP contribution in [0.1, 0.15) is 11.1 Å². The molecule has 1 aromatic heterocycles. The van der Waals surface area contributed by atoms with Crippen LogP contribution in [-0.2, 0) is 17.8 Å². The highest BCUT2D eigenvalue weighted by molar-refractivity contribution is 9.10. The van der Waals surface area contributed by atoms with Crippen LogP contribution in [0.3, 0.4) is 0 Å². The van der Waals surface area contributed by atoms with Crippen molar-refractivity contribution >= 4 is 39.1 Å². The molecule has 0 saturated heterocycles. The molecule has 2 aromatic rings. The number of nitrogens with one attached hydrogen (secondary N) is 2. The number of anilines is 1. The monoisotopic (exact) mass is 365 g/mol. The van der Waals surface area contributed by atoms with Crippen molar-refractivity contribution in [3.63, 3.8) is 0 Å². The maximum Gasteiger partial charge on any atom is 0.241 e. The van der Waals surface area contributed by atoms with Gasteiger partial charge in [0.05, 0.1) is 11.7 Å². The highest BCUT2D eigenvalue weighted by Crippen LogP contribution is 2.24. The Morgan fingerprint density at radius 3 is 2.95 bits per heavy atom. The van der Waals surface area contributed by atoms with E-state index in [1.165, 1.54) is 11.1 Å². The van der Waals surface area contributed by atoms with Crippen LogP contribution in [0.25, 0.3) is 0 Å². The van der Waals surface area contributed by atoms with E-state index in [4.69, 9.17) is 11.6 Å². The second-order valence-corrected chi connectivity index (χ2v) is 6.16. The number of fused-ring (bicyclic) bond motifs is 1. The first-order valence-corrected chi connectivity index (χ1v) is 7.72. The molecule has 4 nitrogen and oxygen atoms in total. The van der Waals surface area contributed by atoms with Gasteiger partial charge < -0.3 is 10.6 Å². The van der Waals surface area contributed by atoms with Crippen molar-refractivity contribution in [2.45, 2.75) is 19.0 Å². The first-order valence-electron chi connectivity index (χ1n) is 6.55. The number of benzene rings is 1. The third kappa shape index (κ3) is 3.26. The summed E-state index contributed by atoms with van der Waals surface area (Å²) in [5.41, 5.74) is 2.95. The van der Waals surface area contributed by atoms with E-state index >= 15 is 0 Å². The van der Waals surface area contributed by atoms with E-state index in [2.05, 4.69) is 43.7 Å². The van der Waals surface area contributed by atoms with E-state index in [0.717, 1.165) is 4.47 Å². The Bertz CT molecular complexity index is 692. The van der Waals surface area contributed by atoms with E-state index in [0.29, 0.717) is 18.7 Å². The van der Waals surface area contributed by atoms with Crippen molar-refractivity contribution in [3.05, 3.63) is 57.3 Å². The lowest BCUT2D eigenvalue weighted by atomic mass is 9.95. The zero-order valence-electron chi connectivity index (χ0n) is 11.1. The van der Waals surface area contributed by atoms with Crippen molar-refractivity contribution in [2.24, 2.45) is 0 Å².